The number of amides is 2. The lowest BCUT2D eigenvalue weighted by Crippen LogP contribution is -2.53. The molecule has 1 atom stereocenters. The third-order valence-corrected chi connectivity index (χ3v) is 8.12. The van der Waals surface area contributed by atoms with Crippen LogP contribution in [0.15, 0.2) is 54.6 Å². The zero-order valence-corrected chi connectivity index (χ0v) is 23.6. The maximum atomic E-state index is 13.8. The summed E-state index contributed by atoms with van der Waals surface area (Å²) in [4.78, 5) is 28.6. The lowest BCUT2D eigenvalue weighted by atomic mass is 9.87. The van der Waals surface area contributed by atoms with Crippen LogP contribution in [0, 0.1) is 0 Å². The predicted octanol–water partition coefficient (Wildman–Crippen LogP) is 4.62. The van der Waals surface area contributed by atoms with Gasteiger partial charge in [0.1, 0.15) is 12.6 Å². The highest BCUT2D eigenvalue weighted by atomic mass is 32.2. The maximum absolute atomic E-state index is 13.8. The molecule has 2 amide bonds. The molecule has 1 fully saturated rings. The van der Waals surface area contributed by atoms with Crippen LogP contribution in [0.25, 0.3) is 0 Å². The van der Waals surface area contributed by atoms with Gasteiger partial charge < -0.3 is 10.2 Å². The topological polar surface area (TPSA) is 86.8 Å². The van der Waals surface area contributed by atoms with Gasteiger partial charge in [-0.3, -0.25) is 13.9 Å². The van der Waals surface area contributed by atoms with E-state index < -0.39 is 22.0 Å². The Bertz CT molecular complexity index is 1150. The zero-order chi connectivity index (χ0) is 27.2. The molecule has 8 heteroatoms. The molecule has 0 saturated heterocycles. The molecule has 1 N–H and O–H groups in total. The number of rotatable bonds is 10. The Labute approximate surface area is 222 Å². The molecule has 2 aromatic carbocycles. The normalized spacial score (nSPS) is 15.3. The lowest BCUT2D eigenvalue weighted by Gasteiger charge is -2.33. The highest BCUT2D eigenvalue weighted by Gasteiger charge is 2.33. The number of sulfonamides is 1. The third kappa shape index (κ3) is 7.81. The van der Waals surface area contributed by atoms with E-state index in [0.717, 1.165) is 47.4 Å². The Balaban J connectivity index is 1.90. The Morgan fingerprint density at radius 3 is 2.11 bits per heavy atom. The smallest absolute Gasteiger partial charge is 0.244 e. The van der Waals surface area contributed by atoms with Crippen molar-refractivity contribution in [2.24, 2.45) is 0 Å². The second-order valence-electron chi connectivity index (χ2n) is 11.0. The number of nitrogens with zero attached hydrogens (tertiary/aromatic N) is 2. The predicted molar refractivity (Wildman–Crippen MR) is 149 cm³/mol. The molecule has 2 aromatic rings. The number of anilines is 1. The Kier molecular flexibility index (Phi) is 9.40. The monoisotopic (exact) mass is 527 g/mol. The highest BCUT2D eigenvalue weighted by molar-refractivity contribution is 7.92. The molecule has 0 heterocycles. The fraction of sp³-hybridized carbons (Fsp3) is 0.517. The Morgan fingerprint density at radius 2 is 1.59 bits per heavy atom. The molecule has 0 aliphatic heterocycles. The molecule has 7 nitrogen and oxygen atoms in total. The molecule has 1 saturated carbocycles. The summed E-state index contributed by atoms with van der Waals surface area (Å²) in [6.45, 7) is 7.97. The van der Waals surface area contributed by atoms with E-state index in [9.17, 15) is 18.0 Å². The van der Waals surface area contributed by atoms with Gasteiger partial charge in [0, 0.05) is 12.6 Å². The van der Waals surface area contributed by atoms with Crippen LogP contribution in [0.2, 0.25) is 0 Å². The lowest BCUT2D eigenvalue weighted by molar-refractivity contribution is -0.140. The van der Waals surface area contributed by atoms with Crippen molar-refractivity contribution >= 4 is 27.5 Å². The fourth-order valence-electron chi connectivity index (χ4n) is 4.81. The minimum Gasteiger partial charge on any atom is -0.352 e. The van der Waals surface area contributed by atoms with Gasteiger partial charge in [0.25, 0.3) is 0 Å². The minimum atomic E-state index is -3.75. The second kappa shape index (κ2) is 12.1. The molecule has 0 bridgehead atoms. The van der Waals surface area contributed by atoms with Crippen LogP contribution >= 0.6 is 0 Å². The van der Waals surface area contributed by atoms with Crippen LogP contribution in [0.5, 0.6) is 0 Å². The summed E-state index contributed by atoms with van der Waals surface area (Å²) in [7, 11) is -3.75. The SMILES string of the molecule is CC[C@@H](C(=O)NC1CCCC1)N(Cc1ccccc1)C(=O)CN(c1ccc(C(C)(C)C)cc1)S(C)(=O)=O. The van der Waals surface area contributed by atoms with E-state index in [-0.39, 0.29) is 30.5 Å². The van der Waals surface area contributed by atoms with Crippen molar-refractivity contribution in [1.82, 2.24) is 10.2 Å². The van der Waals surface area contributed by atoms with Crippen molar-refractivity contribution in [3.8, 4) is 0 Å². The van der Waals surface area contributed by atoms with Crippen LogP contribution in [0.3, 0.4) is 0 Å². The van der Waals surface area contributed by atoms with E-state index in [2.05, 4.69) is 26.1 Å². The van der Waals surface area contributed by atoms with E-state index in [0.29, 0.717) is 12.1 Å². The van der Waals surface area contributed by atoms with Gasteiger partial charge in [-0.15, -0.1) is 0 Å². The first-order chi connectivity index (χ1) is 17.4. The number of nitrogens with one attached hydrogen (secondary N) is 1. The molecule has 202 valence electrons. The molecule has 0 unspecified atom stereocenters. The summed E-state index contributed by atoms with van der Waals surface area (Å²) < 4.78 is 26.7. The van der Waals surface area contributed by atoms with Crippen LogP contribution in [0.4, 0.5) is 5.69 Å². The molecule has 1 aliphatic carbocycles. The molecule has 3 rings (SSSR count). The van der Waals surface area contributed by atoms with Crippen molar-refractivity contribution in [3.05, 3.63) is 65.7 Å². The molecule has 0 spiro atoms. The number of benzene rings is 2. The van der Waals surface area contributed by atoms with Gasteiger partial charge in [-0.2, -0.15) is 0 Å². The van der Waals surface area contributed by atoms with Gasteiger partial charge in [0.05, 0.1) is 11.9 Å². The summed E-state index contributed by atoms with van der Waals surface area (Å²) in [6.07, 6.45) is 5.60. The van der Waals surface area contributed by atoms with Crippen LogP contribution in [0.1, 0.15) is 70.9 Å². The van der Waals surface area contributed by atoms with Crippen LogP contribution < -0.4 is 9.62 Å². The van der Waals surface area contributed by atoms with Crippen molar-refractivity contribution in [1.29, 1.82) is 0 Å². The Morgan fingerprint density at radius 1 is 1.00 bits per heavy atom. The quantitative estimate of drug-likeness (QED) is 0.489. The molecule has 1 aliphatic rings. The maximum Gasteiger partial charge on any atom is 0.244 e. The summed E-state index contributed by atoms with van der Waals surface area (Å²) >= 11 is 0. The van der Waals surface area contributed by atoms with E-state index in [1.807, 2.05) is 49.4 Å². The molecular formula is C29H41N3O4S. The zero-order valence-electron chi connectivity index (χ0n) is 22.7. The summed E-state index contributed by atoms with van der Waals surface area (Å²) in [5.74, 6) is -0.596. The van der Waals surface area contributed by atoms with E-state index in [1.165, 1.54) is 4.90 Å². The number of hydrogen-bond donors (Lipinski definition) is 1. The van der Waals surface area contributed by atoms with Gasteiger partial charge in [-0.25, -0.2) is 8.42 Å². The largest absolute Gasteiger partial charge is 0.352 e. The Hall–Kier alpha value is -2.87. The third-order valence-electron chi connectivity index (χ3n) is 6.98. The number of carbonyl (C=O) groups is 2. The summed E-state index contributed by atoms with van der Waals surface area (Å²) in [6, 6.07) is 16.2. The van der Waals surface area contributed by atoms with Crippen molar-refractivity contribution in [3.63, 3.8) is 0 Å². The molecular weight excluding hydrogens is 486 g/mol. The first-order valence-electron chi connectivity index (χ1n) is 13.1. The molecule has 0 aromatic heterocycles. The molecule has 37 heavy (non-hydrogen) atoms. The minimum absolute atomic E-state index is 0.0855. The van der Waals surface area contributed by atoms with Gasteiger partial charge in [0.2, 0.25) is 21.8 Å². The average molecular weight is 528 g/mol. The summed E-state index contributed by atoms with van der Waals surface area (Å²) in [5.41, 5.74) is 2.28. The summed E-state index contributed by atoms with van der Waals surface area (Å²) in [5, 5.41) is 3.12. The van der Waals surface area contributed by atoms with Gasteiger partial charge in [-0.05, 0) is 47.9 Å². The highest BCUT2D eigenvalue weighted by Crippen LogP contribution is 2.26. The average Bonchev–Trinajstić information content (AvgIpc) is 3.34. The standard InChI is InChI=1S/C29H41N3O4S/c1-6-26(28(34)30-24-14-10-11-15-24)31(20-22-12-8-7-9-13-22)27(33)21-32(37(5,35)36)25-18-16-23(17-19-25)29(2,3)4/h7-9,12-13,16-19,24,26H,6,10-11,14-15,20-21H2,1-5H3,(H,30,34)/t26-/m0/s1. The van der Waals surface area contributed by atoms with E-state index in [4.69, 9.17) is 0 Å². The van der Waals surface area contributed by atoms with Gasteiger partial charge in [-0.1, -0.05) is 83.0 Å². The first kappa shape index (κ1) is 28.7. The number of carbonyl (C=O) groups excluding carboxylic acids is 2. The first-order valence-corrected chi connectivity index (χ1v) is 15.0. The van der Waals surface area contributed by atoms with Crippen LogP contribution in [-0.2, 0) is 31.6 Å². The van der Waals surface area contributed by atoms with Crippen molar-refractivity contribution in [2.45, 2.75) is 83.8 Å². The second-order valence-corrected chi connectivity index (χ2v) is 12.9. The number of hydrogen-bond acceptors (Lipinski definition) is 4. The van der Waals surface area contributed by atoms with Crippen molar-refractivity contribution < 1.29 is 18.0 Å². The van der Waals surface area contributed by atoms with E-state index >= 15 is 0 Å². The van der Waals surface area contributed by atoms with Crippen LogP contribution in [-0.4, -0.2) is 50.0 Å². The fourth-order valence-corrected chi connectivity index (χ4v) is 5.66. The van der Waals surface area contributed by atoms with Gasteiger partial charge >= 0.3 is 0 Å². The van der Waals surface area contributed by atoms with Crippen molar-refractivity contribution in [2.75, 3.05) is 17.1 Å². The van der Waals surface area contributed by atoms with E-state index in [1.54, 1.807) is 12.1 Å². The van der Waals surface area contributed by atoms with Gasteiger partial charge in [0.15, 0.2) is 0 Å². The molecule has 0 radical (unpaired) electrons.